The average Bonchev–Trinajstić information content (AvgIpc) is 3.02. The van der Waals surface area contributed by atoms with Crippen LogP contribution in [-0.2, 0) is 10.3 Å². The van der Waals surface area contributed by atoms with Crippen LogP contribution in [0.1, 0.15) is 59.7 Å². The normalized spacial score (nSPS) is 14.2. The molecule has 0 atom stereocenters. The predicted molar refractivity (Wildman–Crippen MR) is 129 cm³/mol. The molecule has 0 aliphatic carbocycles. The fourth-order valence-electron chi connectivity index (χ4n) is 4.85. The lowest BCUT2D eigenvalue weighted by Crippen LogP contribution is -2.33. The number of phenolic OH excluding ortho intramolecular Hbond substituents is 2. The Morgan fingerprint density at radius 3 is 1.82 bits per heavy atom. The summed E-state index contributed by atoms with van der Waals surface area (Å²) in [6.07, 6.45) is 0. The highest BCUT2D eigenvalue weighted by Gasteiger charge is 2.52. The van der Waals surface area contributed by atoms with Gasteiger partial charge in [0.05, 0.1) is 20.1 Å². The molecule has 0 saturated heterocycles. The van der Waals surface area contributed by atoms with E-state index >= 15 is 0 Å². The highest BCUT2D eigenvalue weighted by Crippen LogP contribution is 2.54. The van der Waals surface area contributed by atoms with Crippen LogP contribution < -0.4 is 0 Å². The van der Waals surface area contributed by atoms with E-state index in [4.69, 9.17) is 4.74 Å². The Bertz CT molecular complexity index is 1310. The third-order valence-corrected chi connectivity index (χ3v) is 8.17. The van der Waals surface area contributed by atoms with E-state index in [2.05, 4.69) is 31.9 Å². The van der Waals surface area contributed by atoms with E-state index in [-0.39, 0.29) is 22.6 Å². The van der Waals surface area contributed by atoms with Gasteiger partial charge in [-0.1, -0.05) is 0 Å². The fourth-order valence-corrected chi connectivity index (χ4v) is 5.48. The van der Waals surface area contributed by atoms with Crippen LogP contribution >= 0.6 is 31.9 Å². The second-order valence-corrected chi connectivity index (χ2v) is 9.78. The highest BCUT2D eigenvalue weighted by molar-refractivity contribution is 9.11. The van der Waals surface area contributed by atoms with E-state index in [1.807, 2.05) is 0 Å². The van der Waals surface area contributed by atoms with Crippen LogP contribution in [0.3, 0.4) is 0 Å². The summed E-state index contributed by atoms with van der Waals surface area (Å²) in [5, 5.41) is 30.4. The van der Waals surface area contributed by atoms with Gasteiger partial charge in [-0.2, -0.15) is 0 Å². The third-order valence-electron chi connectivity index (χ3n) is 6.17. The minimum absolute atomic E-state index is 0.0118. The topological polar surface area (TPSA) is 104 Å². The van der Waals surface area contributed by atoms with Crippen LogP contribution in [0, 0.1) is 27.7 Å². The van der Waals surface area contributed by atoms with Gasteiger partial charge in [0.2, 0.25) is 0 Å². The number of aromatic hydroxyl groups is 2. The maximum absolute atomic E-state index is 13.2. The second-order valence-electron chi connectivity index (χ2n) is 8.19. The molecule has 0 fully saturated rings. The molecule has 1 aliphatic heterocycles. The number of esters is 1. The number of carboxylic acid groups (broad SMARTS) is 1. The number of ether oxygens (including phenoxy) is 1. The monoisotopic (exact) mass is 574 g/mol. The molecule has 0 unspecified atom stereocenters. The van der Waals surface area contributed by atoms with Crippen molar-refractivity contribution in [2.75, 3.05) is 0 Å². The summed E-state index contributed by atoms with van der Waals surface area (Å²) < 4.78 is 7.08. The Kier molecular flexibility index (Phi) is 5.57. The summed E-state index contributed by atoms with van der Waals surface area (Å²) in [5.74, 6) is -1.65. The molecule has 0 aromatic heterocycles. The summed E-state index contributed by atoms with van der Waals surface area (Å²) in [6, 6.07) is 7.44. The van der Waals surface area contributed by atoms with Gasteiger partial charge >= 0.3 is 11.9 Å². The molecule has 0 amide bonds. The summed E-state index contributed by atoms with van der Waals surface area (Å²) in [5.41, 5.74) is 2.93. The SMILES string of the molecule is Cc1cc(O)c(Br)c(C)c1C1(c2c(C)cc(O)c(Br)c2C)OC(=O)c2ccc(C(=O)O)cc21. The van der Waals surface area contributed by atoms with E-state index in [9.17, 15) is 24.9 Å². The van der Waals surface area contributed by atoms with Crippen molar-refractivity contribution in [1.82, 2.24) is 0 Å². The minimum Gasteiger partial charge on any atom is -0.507 e. The van der Waals surface area contributed by atoms with Gasteiger partial charge in [-0.3, -0.25) is 0 Å². The van der Waals surface area contributed by atoms with E-state index in [0.717, 1.165) is 0 Å². The molecule has 3 aromatic rings. The zero-order valence-corrected chi connectivity index (χ0v) is 21.4. The smallest absolute Gasteiger partial charge is 0.340 e. The van der Waals surface area contributed by atoms with Crippen molar-refractivity contribution in [2.24, 2.45) is 0 Å². The molecule has 1 aliphatic rings. The lowest BCUT2D eigenvalue weighted by atomic mass is 9.73. The Morgan fingerprint density at radius 1 is 0.879 bits per heavy atom. The second kappa shape index (κ2) is 7.88. The largest absolute Gasteiger partial charge is 0.507 e. The number of aromatic carboxylic acids is 1. The Balaban J connectivity index is 2.27. The molecule has 1 heterocycles. The highest BCUT2D eigenvalue weighted by atomic mass is 79.9. The molecular formula is C25H20Br2O6. The maximum atomic E-state index is 13.2. The summed E-state index contributed by atoms with van der Waals surface area (Å²) in [6.45, 7) is 7.17. The number of hydrogen-bond donors (Lipinski definition) is 3. The molecule has 33 heavy (non-hydrogen) atoms. The standard InChI is InChI=1S/C25H20Br2O6/c1-10-7-17(28)21(26)12(3)19(10)25(20-11(2)8-18(29)22(27)13(20)4)16-9-14(23(30)31)5-6-15(16)24(32)33-25/h5-9,28-29H,1-4H3,(H,30,31). The molecule has 3 N–H and O–H groups in total. The molecule has 0 bridgehead atoms. The number of rotatable bonds is 3. The van der Waals surface area contributed by atoms with Crippen molar-refractivity contribution in [3.05, 3.63) is 89.3 Å². The lowest BCUT2D eigenvalue weighted by Gasteiger charge is -2.36. The number of cyclic esters (lactones) is 1. The third kappa shape index (κ3) is 3.27. The molecule has 0 saturated carbocycles. The first-order chi connectivity index (χ1) is 15.4. The van der Waals surface area contributed by atoms with Crippen LogP contribution in [0.15, 0.2) is 39.3 Å². The first-order valence-electron chi connectivity index (χ1n) is 10.0. The number of benzene rings is 3. The van der Waals surface area contributed by atoms with Gasteiger partial charge in [0, 0.05) is 16.7 Å². The van der Waals surface area contributed by atoms with E-state index in [1.54, 1.807) is 39.8 Å². The number of carboxylic acids is 1. The molecule has 170 valence electrons. The van der Waals surface area contributed by atoms with Gasteiger partial charge in [-0.15, -0.1) is 0 Å². The molecule has 0 radical (unpaired) electrons. The molecule has 0 spiro atoms. The first-order valence-corrected chi connectivity index (χ1v) is 11.6. The van der Waals surface area contributed by atoms with Crippen molar-refractivity contribution in [3.63, 3.8) is 0 Å². The van der Waals surface area contributed by atoms with Crippen molar-refractivity contribution in [1.29, 1.82) is 0 Å². The van der Waals surface area contributed by atoms with Crippen LogP contribution in [0.2, 0.25) is 0 Å². The zero-order valence-electron chi connectivity index (χ0n) is 18.2. The van der Waals surface area contributed by atoms with Crippen molar-refractivity contribution in [3.8, 4) is 11.5 Å². The number of fused-ring (bicyclic) bond motifs is 1. The summed E-state index contributed by atoms with van der Waals surface area (Å²) >= 11 is 6.86. The van der Waals surface area contributed by atoms with Crippen molar-refractivity contribution < 1.29 is 29.6 Å². The van der Waals surface area contributed by atoms with E-state index in [0.29, 0.717) is 47.9 Å². The Labute approximate surface area is 207 Å². The zero-order chi connectivity index (χ0) is 24.4. The number of carbonyl (C=O) groups is 2. The van der Waals surface area contributed by atoms with Crippen molar-refractivity contribution in [2.45, 2.75) is 33.3 Å². The molecule has 3 aromatic carbocycles. The van der Waals surface area contributed by atoms with Crippen LogP contribution in [0.25, 0.3) is 0 Å². The van der Waals surface area contributed by atoms with Gasteiger partial charge in [0.15, 0.2) is 5.60 Å². The quantitative estimate of drug-likeness (QED) is 0.330. The van der Waals surface area contributed by atoms with Crippen molar-refractivity contribution >= 4 is 43.8 Å². The van der Waals surface area contributed by atoms with Crippen LogP contribution in [0.5, 0.6) is 11.5 Å². The van der Waals surface area contributed by atoms with Gasteiger partial charge in [0.25, 0.3) is 0 Å². The Hall–Kier alpha value is -2.84. The van der Waals surface area contributed by atoms with E-state index in [1.165, 1.54) is 18.2 Å². The van der Waals surface area contributed by atoms with Gasteiger partial charge in [-0.25, -0.2) is 9.59 Å². The van der Waals surface area contributed by atoms with Gasteiger partial charge < -0.3 is 20.1 Å². The minimum atomic E-state index is -1.51. The number of hydrogen-bond acceptors (Lipinski definition) is 5. The summed E-state index contributed by atoms with van der Waals surface area (Å²) in [7, 11) is 0. The summed E-state index contributed by atoms with van der Waals surface area (Å²) in [4.78, 5) is 25.0. The Morgan fingerprint density at radius 2 is 1.36 bits per heavy atom. The lowest BCUT2D eigenvalue weighted by molar-refractivity contribution is 0.0244. The van der Waals surface area contributed by atoms with E-state index < -0.39 is 17.5 Å². The number of phenols is 2. The number of halogens is 2. The van der Waals surface area contributed by atoms with Crippen LogP contribution in [0.4, 0.5) is 0 Å². The molecule has 6 nitrogen and oxygen atoms in total. The number of carbonyl (C=O) groups excluding carboxylic acids is 1. The molecular weight excluding hydrogens is 556 g/mol. The molecule has 8 heteroatoms. The van der Waals surface area contributed by atoms with Gasteiger partial charge in [0.1, 0.15) is 11.5 Å². The maximum Gasteiger partial charge on any atom is 0.340 e. The molecule has 4 rings (SSSR count). The van der Waals surface area contributed by atoms with Gasteiger partial charge in [-0.05, 0) is 112 Å². The van der Waals surface area contributed by atoms with Crippen LogP contribution in [-0.4, -0.2) is 27.3 Å². The number of aryl methyl sites for hydroxylation is 2. The predicted octanol–water partition coefficient (Wildman–Crippen LogP) is 6.02. The fraction of sp³-hybridized carbons (Fsp3) is 0.200. The average molecular weight is 576 g/mol. The first kappa shape index (κ1) is 23.3.